The number of aromatic amines is 1. The second-order valence-electron chi connectivity index (χ2n) is 5.80. The Balaban J connectivity index is 1.64. The molecule has 120 valence electrons. The third kappa shape index (κ3) is 3.54. The Morgan fingerprint density at radius 2 is 1.91 bits per heavy atom. The average molecular weight is 313 g/mol. The van der Waals surface area contributed by atoms with Gasteiger partial charge in [0.15, 0.2) is 0 Å². The fourth-order valence-electron chi connectivity index (χ4n) is 2.95. The van der Waals surface area contributed by atoms with Gasteiger partial charge in [0.2, 0.25) is 0 Å². The van der Waals surface area contributed by atoms with Gasteiger partial charge in [-0.3, -0.25) is 0 Å². The molecular weight excluding hydrogens is 291 g/mol. The number of halogens is 1. The van der Waals surface area contributed by atoms with E-state index in [1.165, 1.54) is 28.8 Å². The molecule has 23 heavy (non-hydrogen) atoms. The quantitative estimate of drug-likeness (QED) is 0.675. The number of aryl methyl sites for hydroxylation is 1. The number of fused-ring (bicyclic) bond motifs is 1. The van der Waals surface area contributed by atoms with E-state index in [1.807, 2.05) is 18.2 Å². The number of quaternary nitrogens is 1. The van der Waals surface area contributed by atoms with Crippen molar-refractivity contribution in [2.24, 2.45) is 0 Å². The van der Waals surface area contributed by atoms with Crippen molar-refractivity contribution in [3.05, 3.63) is 65.1 Å². The number of nitrogens with one attached hydrogen (secondary N) is 1. The first kappa shape index (κ1) is 15.6. The van der Waals surface area contributed by atoms with Crippen molar-refractivity contribution >= 4 is 10.9 Å². The van der Waals surface area contributed by atoms with Gasteiger partial charge in [-0.05, 0) is 42.8 Å². The van der Waals surface area contributed by atoms with E-state index in [9.17, 15) is 4.39 Å². The first-order chi connectivity index (χ1) is 11.2. The van der Waals surface area contributed by atoms with E-state index >= 15 is 0 Å². The summed E-state index contributed by atoms with van der Waals surface area (Å²) in [4.78, 5) is 3.43. The van der Waals surface area contributed by atoms with E-state index in [4.69, 9.17) is 4.74 Å². The monoisotopic (exact) mass is 313 g/mol. The molecule has 1 heterocycles. The van der Waals surface area contributed by atoms with E-state index in [-0.39, 0.29) is 5.82 Å². The third-order valence-corrected chi connectivity index (χ3v) is 4.22. The number of hydrogen-bond donors (Lipinski definition) is 2. The molecule has 0 bridgehead atoms. The Labute approximate surface area is 135 Å². The Morgan fingerprint density at radius 1 is 1.13 bits per heavy atom. The molecule has 0 aliphatic rings. The molecule has 0 saturated heterocycles. The SMILES string of the molecule is COc1ccc2[nH]c(C)c(CC[NH2+]Cc3ccc(F)cc3)c2c1. The van der Waals surface area contributed by atoms with E-state index in [1.54, 1.807) is 7.11 Å². The summed E-state index contributed by atoms with van der Waals surface area (Å²) >= 11 is 0. The van der Waals surface area contributed by atoms with Crippen LogP contribution >= 0.6 is 0 Å². The molecule has 0 spiro atoms. The average Bonchev–Trinajstić information content (AvgIpc) is 2.88. The van der Waals surface area contributed by atoms with Crippen molar-refractivity contribution in [2.45, 2.75) is 19.9 Å². The first-order valence-corrected chi connectivity index (χ1v) is 7.88. The summed E-state index contributed by atoms with van der Waals surface area (Å²) in [6.07, 6.45) is 0.986. The lowest BCUT2D eigenvalue weighted by molar-refractivity contribution is -0.670. The molecule has 0 amide bonds. The Bertz CT molecular complexity index is 793. The van der Waals surface area contributed by atoms with Crippen LogP contribution in [0.3, 0.4) is 0 Å². The number of methoxy groups -OCH3 is 1. The van der Waals surface area contributed by atoms with Gasteiger partial charge in [-0.1, -0.05) is 12.1 Å². The van der Waals surface area contributed by atoms with Gasteiger partial charge in [-0.2, -0.15) is 0 Å². The Hall–Kier alpha value is -2.33. The van der Waals surface area contributed by atoms with E-state index in [0.29, 0.717) is 0 Å². The smallest absolute Gasteiger partial charge is 0.123 e. The number of hydrogen-bond acceptors (Lipinski definition) is 1. The second-order valence-corrected chi connectivity index (χ2v) is 5.80. The van der Waals surface area contributed by atoms with Crippen LogP contribution in [0.25, 0.3) is 10.9 Å². The molecule has 3 N–H and O–H groups in total. The minimum Gasteiger partial charge on any atom is -0.497 e. The topological polar surface area (TPSA) is 41.6 Å². The van der Waals surface area contributed by atoms with E-state index in [0.717, 1.165) is 36.3 Å². The highest BCUT2D eigenvalue weighted by molar-refractivity contribution is 5.86. The summed E-state index contributed by atoms with van der Waals surface area (Å²) in [5.74, 6) is 0.699. The summed E-state index contributed by atoms with van der Waals surface area (Å²) in [5.41, 5.74) is 4.85. The summed E-state index contributed by atoms with van der Waals surface area (Å²) in [7, 11) is 1.69. The zero-order valence-electron chi connectivity index (χ0n) is 13.5. The molecular formula is C19H22FN2O+. The van der Waals surface area contributed by atoms with Crippen LogP contribution in [0.15, 0.2) is 42.5 Å². The predicted octanol–water partition coefficient (Wildman–Crippen LogP) is 2.93. The zero-order chi connectivity index (χ0) is 16.2. The van der Waals surface area contributed by atoms with Crippen molar-refractivity contribution in [1.29, 1.82) is 0 Å². The van der Waals surface area contributed by atoms with Gasteiger partial charge in [0.05, 0.1) is 13.7 Å². The van der Waals surface area contributed by atoms with Gasteiger partial charge in [-0.15, -0.1) is 0 Å². The predicted molar refractivity (Wildman–Crippen MR) is 90.2 cm³/mol. The highest BCUT2D eigenvalue weighted by Gasteiger charge is 2.10. The van der Waals surface area contributed by atoms with Crippen LogP contribution in [0, 0.1) is 12.7 Å². The number of rotatable bonds is 6. The minimum atomic E-state index is -0.183. The first-order valence-electron chi connectivity index (χ1n) is 7.88. The van der Waals surface area contributed by atoms with Gasteiger partial charge < -0.3 is 15.0 Å². The molecule has 0 atom stereocenters. The second kappa shape index (κ2) is 6.84. The molecule has 0 aliphatic heterocycles. The van der Waals surface area contributed by atoms with Crippen LogP contribution in [-0.2, 0) is 13.0 Å². The van der Waals surface area contributed by atoms with Crippen molar-refractivity contribution in [1.82, 2.24) is 4.98 Å². The van der Waals surface area contributed by atoms with Crippen LogP contribution in [0.4, 0.5) is 4.39 Å². The van der Waals surface area contributed by atoms with Crippen LogP contribution in [-0.4, -0.2) is 18.6 Å². The maximum Gasteiger partial charge on any atom is 0.123 e. The molecule has 0 aliphatic carbocycles. The maximum atomic E-state index is 12.9. The number of nitrogens with two attached hydrogens (primary N) is 1. The largest absolute Gasteiger partial charge is 0.497 e. The van der Waals surface area contributed by atoms with Crippen molar-refractivity contribution in [2.75, 3.05) is 13.7 Å². The Morgan fingerprint density at radius 3 is 2.65 bits per heavy atom. The molecule has 0 saturated carbocycles. The summed E-state index contributed by atoms with van der Waals surface area (Å²) in [5, 5.41) is 3.49. The number of aromatic nitrogens is 1. The fourth-order valence-corrected chi connectivity index (χ4v) is 2.95. The molecule has 3 nitrogen and oxygen atoms in total. The summed E-state index contributed by atoms with van der Waals surface area (Å²) in [6, 6.07) is 12.8. The van der Waals surface area contributed by atoms with Crippen LogP contribution in [0.5, 0.6) is 5.75 Å². The van der Waals surface area contributed by atoms with Gasteiger partial charge in [0.25, 0.3) is 0 Å². The molecule has 1 aromatic heterocycles. The highest BCUT2D eigenvalue weighted by Crippen LogP contribution is 2.26. The molecule has 3 rings (SSSR count). The normalized spacial score (nSPS) is 11.1. The maximum absolute atomic E-state index is 12.9. The van der Waals surface area contributed by atoms with Gasteiger partial charge in [0, 0.05) is 28.6 Å². The molecule has 0 radical (unpaired) electrons. The van der Waals surface area contributed by atoms with Crippen LogP contribution in [0.1, 0.15) is 16.8 Å². The lowest BCUT2D eigenvalue weighted by Crippen LogP contribution is -2.83. The third-order valence-electron chi connectivity index (χ3n) is 4.22. The highest BCUT2D eigenvalue weighted by atomic mass is 19.1. The minimum absolute atomic E-state index is 0.183. The standard InChI is InChI=1S/C19H21FN2O/c1-13-17(18-11-16(23-2)7-8-19(18)22-13)9-10-21-12-14-3-5-15(20)6-4-14/h3-8,11,21-22H,9-10,12H2,1-2H3/p+1. The molecule has 3 aromatic rings. The molecule has 2 aromatic carbocycles. The van der Waals surface area contributed by atoms with Crippen molar-refractivity contribution in [3.63, 3.8) is 0 Å². The molecule has 4 heteroatoms. The molecule has 0 fully saturated rings. The van der Waals surface area contributed by atoms with E-state index < -0.39 is 0 Å². The summed E-state index contributed by atoms with van der Waals surface area (Å²) in [6.45, 7) is 3.97. The lowest BCUT2D eigenvalue weighted by atomic mass is 10.1. The number of benzene rings is 2. The van der Waals surface area contributed by atoms with Crippen LogP contribution in [0.2, 0.25) is 0 Å². The van der Waals surface area contributed by atoms with E-state index in [2.05, 4.69) is 29.4 Å². The zero-order valence-corrected chi connectivity index (χ0v) is 13.5. The Kier molecular flexibility index (Phi) is 4.63. The number of ether oxygens (including phenoxy) is 1. The van der Waals surface area contributed by atoms with Crippen molar-refractivity contribution in [3.8, 4) is 5.75 Å². The van der Waals surface area contributed by atoms with Crippen molar-refractivity contribution < 1.29 is 14.4 Å². The van der Waals surface area contributed by atoms with Gasteiger partial charge in [-0.25, -0.2) is 4.39 Å². The number of H-pyrrole nitrogens is 1. The van der Waals surface area contributed by atoms with Gasteiger partial charge in [0.1, 0.15) is 18.1 Å². The lowest BCUT2D eigenvalue weighted by Gasteiger charge is -2.04. The fraction of sp³-hybridized carbons (Fsp3) is 0.263. The molecule has 0 unspecified atom stereocenters. The van der Waals surface area contributed by atoms with Gasteiger partial charge >= 0.3 is 0 Å². The summed E-state index contributed by atoms with van der Waals surface area (Å²) < 4.78 is 18.2. The van der Waals surface area contributed by atoms with Crippen LogP contribution < -0.4 is 10.1 Å².